The first-order valence-electron chi connectivity index (χ1n) is 19.9. The summed E-state index contributed by atoms with van der Waals surface area (Å²) in [6.07, 6.45) is 29.0. The van der Waals surface area contributed by atoms with E-state index in [0.717, 1.165) is 77.0 Å². The van der Waals surface area contributed by atoms with Crippen molar-refractivity contribution in [3.8, 4) is 0 Å². The molecule has 0 aromatic heterocycles. The molecule has 9 heteroatoms. The van der Waals surface area contributed by atoms with Crippen molar-refractivity contribution >= 4 is 23.9 Å². The third kappa shape index (κ3) is 9.06. The van der Waals surface area contributed by atoms with Crippen molar-refractivity contribution in [1.29, 1.82) is 0 Å². The van der Waals surface area contributed by atoms with E-state index in [0.29, 0.717) is 87.0 Å². The lowest BCUT2D eigenvalue weighted by atomic mass is 9.94. The number of fused-ring (bicyclic) bond motifs is 8. The Balaban J connectivity index is 0.000000160. The van der Waals surface area contributed by atoms with Gasteiger partial charge in [0, 0.05) is 6.61 Å². The van der Waals surface area contributed by atoms with Crippen LogP contribution in [0.25, 0.3) is 0 Å². The van der Waals surface area contributed by atoms with E-state index in [-0.39, 0.29) is 47.5 Å². The fourth-order valence-electron chi connectivity index (χ4n) is 9.97. The first-order chi connectivity index (χ1) is 24.9. The Bertz CT molecular complexity index is 1280. The zero-order valence-electron chi connectivity index (χ0n) is 29.9. The lowest BCUT2D eigenvalue weighted by Gasteiger charge is -2.17. The fraction of sp³-hybridized carbons (Fsp3) is 0.714. The Labute approximate surface area is 302 Å². The highest BCUT2D eigenvalue weighted by Crippen LogP contribution is 2.46. The highest BCUT2D eigenvalue weighted by molar-refractivity contribution is 5.75. The highest BCUT2D eigenvalue weighted by atomic mass is 16.6. The van der Waals surface area contributed by atoms with Crippen molar-refractivity contribution in [2.45, 2.75) is 77.0 Å². The maximum atomic E-state index is 12.1. The SMILES string of the molecule is O=C(OCCCCOC(=O)C1CC2C=CC1C2)C1CC2C=CC1C2.O=C(OCCCCOCCOC(=O)C1CC2C=CC1C2)C1CC2C=CC1C2. The van der Waals surface area contributed by atoms with E-state index in [2.05, 4.69) is 48.6 Å². The summed E-state index contributed by atoms with van der Waals surface area (Å²) in [5.74, 6) is 4.05. The van der Waals surface area contributed by atoms with Gasteiger partial charge >= 0.3 is 23.9 Å². The van der Waals surface area contributed by atoms with Gasteiger partial charge in [0.2, 0.25) is 0 Å². The van der Waals surface area contributed by atoms with E-state index in [1.807, 2.05) is 0 Å². The number of hydrogen-bond donors (Lipinski definition) is 0. The fourth-order valence-corrected chi connectivity index (χ4v) is 9.97. The van der Waals surface area contributed by atoms with Gasteiger partial charge in [0.05, 0.1) is 50.1 Å². The van der Waals surface area contributed by atoms with Crippen LogP contribution in [-0.4, -0.2) is 63.5 Å². The van der Waals surface area contributed by atoms with E-state index in [1.165, 1.54) is 0 Å². The molecular formula is C42H56O9. The van der Waals surface area contributed by atoms with Crippen LogP contribution >= 0.6 is 0 Å². The molecule has 0 aromatic carbocycles. The summed E-state index contributed by atoms with van der Waals surface area (Å²) >= 11 is 0. The third-order valence-corrected chi connectivity index (χ3v) is 12.8. The summed E-state index contributed by atoms with van der Waals surface area (Å²) in [6, 6.07) is 0. The van der Waals surface area contributed by atoms with Crippen LogP contribution in [0.1, 0.15) is 77.0 Å². The van der Waals surface area contributed by atoms with Gasteiger partial charge in [0.25, 0.3) is 0 Å². The second-order valence-electron chi connectivity index (χ2n) is 16.2. The summed E-state index contributed by atoms with van der Waals surface area (Å²) in [6.45, 7) is 2.69. The number of rotatable bonds is 17. The largest absolute Gasteiger partial charge is 0.465 e. The van der Waals surface area contributed by atoms with Gasteiger partial charge in [-0.3, -0.25) is 19.2 Å². The maximum Gasteiger partial charge on any atom is 0.309 e. The molecule has 0 aromatic rings. The van der Waals surface area contributed by atoms with E-state index >= 15 is 0 Å². The highest BCUT2D eigenvalue weighted by Gasteiger charge is 2.43. The lowest BCUT2D eigenvalue weighted by Crippen LogP contribution is -2.23. The van der Waals surface area contributed by atoms with Gasteiger partial charge < -0.3 is 23.7 Å². The minimum absolute atomic E-state index is 0.0323. The molecule has 0 amide bonds. The summed E-state index contributed by atoms with van der Waals surface area (Å²) in [5, 5.41) is 0. The van der Waals surface area contributed by atoms with E-state index < -0.39 is 0 Å². The normalized spacial score (nSPS) is 36.5. The summed E-state index contributed by atoms with van der Waals surface area (Å²) in [5.41, 5.74) is 0. The molecule has 4 saturated carbocycles. The molecule has 0 aliphatic heterocycles. The van der Waals surface area contributed by atoms with Gasteiger partial charge in [0.1, 0.15) is 6.61 Å². The Morgan fingerprint density at radius 3 is 0.922 bits per heavy atom. The Hall–Kier alpha value is -3.20. The first kappa shape index (κ1) is 36.2. The molecule has 8 bridgehead atoms. The number of carbonyl (C=O) groups is 4. The van der Waals surface area contributed by atoms with Crippen LogP contribution in [0.3, 0.4) is 0 Å². The molecule has 278 valence electrons. The second kappa shape index (κ2) is 17.1. The Morgan fingerprint density at radius 2 is 0.647 bits per heavy atom. The number of allylic oxidation sites excluding steroid dienone is 8. The molecule has 0 heterocycles. The topological polar surface area (TPSA) is 114 Å². The van der Waals surface area contributed by atoms with Crippen LogP contribution in [0.15, 0.2) is 48.6 Å². The average molecular weight is 705 g/mol. The molecule has 8 aliphatic rings. The van der Waals surface area contributed by atoms with Crippen LogP contribution in [0.2, 0.25) is 0 Å². The van der Waals surface area contributed by atoms with Crippen molar-refractivity contribution in [1.82, 2.24) is 0 Å². The minimum atomic E-state index is -0.0715. The number of ether oxygens (including phenoxy) is 5. The van der Waals surface area contributed by atoms with Gasteiger partial charge in [-0.15, -0.1) is 0 Å². The Morgan fingerprint density at radius 1 is 0.353 bits per heavy atom. The summed E-state index contributed by atoms with van der Waals surface area (Å²) in [7, 11) is 0. The van der Waals surface area contributed by atoms with Crippen molar-refractivity contribution in [3.63, 3.8) is 0 Å². The monoisotopic (exact) mass is 704 g/mol. The molecule has 0 saturated heterocycles. The van der Waals surface area contributed by atoms with Crippen LogP contribution in [0, 0.1) is 71.0 Å². The molecule has 0 N–H and O–H groups in total. The summed E-state index contributed by atoms with van der Waals surface area (Å²) < 4.78 is 27.1. The number of carbonyl (C=O) groups excluding carboxylic acids is 4. The summed E-state index contributed by atoms with van der Waals surface area (Å²) in [4.78, 5) is 48.3. The molecule has 12 unspecified atom stereocenters. The molecule has 9 nitrogen and oxygen atoms in total. The molecule has 8 aliphatic carbocycles. The number of unbranched alkanes of at least 4 members (excludes halogenated alkanes) is 2. The van der Waals surface area contributed by atoms with Crippen molar-refractivity contribution < 1.29 is 42.9 Å². The van der Waals surface area contributed by atoms with Crippen molar-refractivity contribution in [2.75, 3.05) is 39.6 Å². The van der Waals surface area contributed by atoms with Gasteiger partial charge in [0.15, 0.2) is 0 Å². The van der Waals surface area contributed by atoms with E-state index in [9.17, 15) is 19.2 Å². The molecule has 51 heavy (non-hydrogen) atoms. The molecule has 8 rings (SSSR count). The predicted molar refractivity (Wildman–Crippen MR) is 188 cm³/mol. The number of esters is 4. The Kier molecular flexibility index (Phi) is 12.1. The minimum Gasteiger partial charge on any atom is -0.465 e. The van der Waals surface area contributed by atoms with Crippen LogP contribution in [0.4, 0.5) is 0 Å². The standard InChI is InChI=1S/C22H30O5.C20H26O4/c23-21(19-13-15-3-5-17(19)11-15)26-8-2-1-7-25-9-10-27-22(24)20-14-16-4-6-18(20)12-16;21-19(17-11-13-3-5-15(17)9-13)23-7-1-2-8-24-20(22)18-12-14-4-6-16(18)10-14/h3-6,15-20H,1-2,7-14H2;3-6,13-18H,1-2,7-12H2. The average Bonchev–Trinajstić information content (AvgIpc) is 4.00. The van der Waals surface area contributed by atoms with Crippen LogP contribution in [0.5, 0.6) is 0 Å². The predicted octanol–water partition coefficient (Wildman–Crippen LogP) is 6.57. The molecule has 0 spiro atoms. The van der Waals surface area contributed by atoms with Crippen molar-refractivity contribution in [3.05, 3.63) is 48.6 Å². The third-order valence-electron chi connectivity index (χ3n) is 12.8. The molecular weight excluding hydrogens is 648 g/mol. The van der Waals surface area contributed by atoms with Crippen LogP contribution < -0.4 is 0 Å². The molecule has 4 fully saturated rings. The van der Waals surface area contributed by atoms with Crippen molar-refractivity contribution in [2.24, 2.45) is 71.0 Å². The first-order valence-corrected chi connectivity index (χ1v) is 19.9. The molecule has 12 atom stereocenters. The number of hydrogen-bond acceptors (Lipinski definition) is 9. The maximum absolute atomic E-state index is 12.1. The van der Waals surface area contributed by atoms with Gasteiger partial charge in [-0.25, -0.2) is 0 Å². The zero-order valence-corrected chi connectivity index (χ0v) is 29.9. The van der Waals surface area contributed by atoms with Crippen LogP contribution in [-0.2, 0) is 42.9 Å². The van der Waals surface area contributed by atoms with E-state index in [4.69, 9.17) is 23.7 Å². The lowest BCUT2D eigenvalue weighted by molar-refractivity contribution is -0.152. The van der Waals surface area contributed by atoms with Gasteiger partial charge in [-0.1, -0.05) is 48.6 Å². The molecule has 0 radical (unpaired) electrons. The quantitative estimate of drug-likeness (QED) is 0.0718. The zero-order chi connectivity index (χ0) is 35.2. The smallest absolute Gasteiger partial charge is 0.309 e. The van der Waals surface area contributed by atoms with Gasteiger partial charge in [-0.05, 0) is 124 Å². The van der Waals surface area contributed by atoms with Gasteiger partial charge in [-0.2, -0.15) is 0 Å². The van der Waals surface area contributed by atoms with E-state index in [1.54, 1.807) is 0 Å². The second-order valence-corrected chi connectivity index (χ2v) is 16.2.